The number of allylic oxidation sites excluding steroid dienone is 1. The molecule has 0 amide bonds. The number of rotatable bonds is 19. The Morgan fingerprint density at radius 3 is 1.63 bits per heavy atom. The molecule has 0 aliphatic carbocycles. The van der Waals surface area contributed by atoms with E-state index in [1.807, 2.05) is 33.4 Å². The van der Waals surface area contributed by atoms with Crippen LogP contribution in [0.25, 0.3) is 0 Å². The molecule has 0 bridgehead atoms. The summed E-state index contributed by atoms with van der Waals surface area (Å²) in [6, 6.07) is 0. The zero-order valence-corrected chi connectivity index (χ0v) is 20.3. The minimum Gasteiger partial charge on any atom is -0.371 e. The van der Waals surface area contributed by atoms with E-state index in [0.29, 0.717) is 26.4 Å². The average Bonchev–Trinajstić information content (AvgIpc) is 2.64. The van der Waals surface area contributed by atoms with Gasteiger partial charge in [-0.2, -0.15) is 0 Å². The van der Waals surface area contributed by atoms with Crippen LogP contribution in [0.4, 0.5) is 0 Å². The first-order valence-corrected chi connectivity index (χ1v) is 14.2. The zero-order valence-electron chi connectivity index (χ0n) is 18.3. The van der Waals surface area contributed by atoms with Gasteiger partial charge in [0.25, 0.3) is 0 Å². The van der Waals surface area contributed by atoms with Crippen molar-refractivity contribution in [1.29, 1.82) is 0 Å². The molecule has 0 aromatic rings. The zero-order chi connectivity index (χ0) is 20.4. The summed E-state index contributed by atoms with van der Waals surface area (Å²) in [6.07, 6.45) is 10.8. The Morgan fingerprint density at radius 2 is 1.15 bits per heavy atom. The van der Waals surface area contributed by atoms with Gasteiger partial charge in [-0.05, 0) is 51.9 Å². The highest BCUT2D eigenvalue weighted by molar-refractivity contribution is 6.80. The summed E-state index contributed by atoms with van der Waals surface area (Å²) in [4.78, 5) is 0. The Kier molecular flexibility index (Phi) is 16.5. The van der Waals surface area contributed by atoms with Gasteiger partial charge in [-0.3, -0.25) is 0 Å². The van der Waals surface area contributed by atoms with Gasteiger partial charge in [-0.15, -0.1) is 0 Å². The topological polar surface area (TPSA) is 46.2 Å². The Morgan fingerprint density at radius 1 is 0.667 bits per heavy atom. The fourth-order valence-electron chi connectivity index (χ4n) is 2.76. The van der Waals surface area contributed by atoms with Crippen LogP contribution in [0.1, 0.15) is 79.6 Å². The van der Waals surface area contributed by atoms with E-state index in [4.69, 9.17) is 21.8 Å². The standard InChI is InChI=1S/C20H42O5Si2/c1-7-13-14-15-16-17-18-19-20-27(23-10-4,24-11-5)25-26(12-6,21-8-2)22-9-3/h12,19-20H,6-11,13-18H2,1-5H3. The van der Waals surface area contributed by atoms with E-state index in [-0.39, 0.29) is 0 Å². The molecule has 27 heavy (non-hydrogen) atoms. The van der Waals surface area contributed by atoms with Crippen molar-refractivity contribution in [2.75, 3.05) is 26.4 Å². The van der Waals surface area contributed by atoms with Crippen LogP contribution in [0.2, 0.25) is 0 Å². The summed E-state index contributed by atoms with van der Waals surface area (Å²) in [5.74, 6) is 0. The first-order chi connectivity index (χ1) is 13.1. The Labute approximate surface area is 169 Å². The molecule has 0 unspecified atom stereocenters. The molecule has 0 saturated carbocycles. The van der Waals surface area contributed by atoms with Crippen LogP contribution < -0.4 is 0 Å². The molecule has 0 aliphatic heterocycles. The normalized spacial score (nSPS) is 12.8. The molecule has 0 aromatic carbocycles. The highest BCUT2D eigenvalue weighted by Gasteiger charge is 2.50. The van der Waals surface area contributed by atoms with Gasteiger partial charge in [0.05, 0.1) is 0 Å². The van der Waals surface area contributed by atoms with Gasteiger partial charge >= 0.3 is 17.6 Å². The molecule has 0 aliphatic rings. The smallest absolute Gasteiger partial charge is 0.371 e. The molecule has 0 saturated heterocycles. The van der Waals surface area contributed by atoms with Crippen molar-refractivity contribution in [3.8, 4) is 0 Å². The predicted octanol–water partition coefficient (Wildman–Crippen LogP) is 5.60. The maximum absolute atomic E-state index is 6.38. The first-order valence-electron chi connectivity index (χ1n) is 10.6. The Hall–Kier alpha value is -0.286. The van der Waals surface area contributed by atoms with Crippen molar-refractivity contribution in [1.82, 2.24) is 0 Å². The van der Waals surface area contributed by atoms with E-state index in [9.17, 15) is 0 Å². The van der Waals surface area contributed by atoms with Crippen LogP contribution in [0, 0.1) is 0 Å². The van der Waals surface area contributed by atoms with Gasteiger partial charge in [0, 0.05) is 26.4 Å². The summed E-state index contributed by atoms with van der Waals surface area (Å²) in [7, 11) is -6.09. The molecule has 0 N–H and O–H groups in total. The fourth-order valence-corrected chi connectivity index (χ4v) is 8.56. The molecular weight excluding hydrogens is 376 g/mol. The lowest BCUT2D eigenvalue weighted by Gasteiger charge is -2.34. The van der Waals surface area contributed by atoms with Crippen LogP contribution >= 0.6 is 0 Å². The van der Waals surface area contributed by atoms with Crippen LogP contribution in [-0.4, -0.2) is 44.0 Å². The van der Waals surface area contributed by atoms with Gasteiger partial charge in [0.15, 0.2) is 0 Å². The van der Waals surface area contributed by atoms with Gasteiger partial charge in [0.2, 0.25) is 0 Å². The molecule has 160 valence electrons. The Balaban J connectivity index is 5.05. The van der Waals surface area contributed by atoms with Gasteiger partial charge in [-0.25, -0.2) is 0 Å². The van der Waals surface area contributed by atoms with Crippen LogP contribution in [0.3, 0.4) is 0 Å². The van der Waals surface area contributed by atoms with E-state index < -0.39 is 17.6 Å². The van der Waals surface area contributed by atoms with Crippen LogP contribution in [-0.2, 0) is 21.8 Å². The minimum absolute atomic E-state index is 0.489. The molecule has 7 heteroatoms. The second-order valence-electron chi connectivity index (χ2n) is 6.20. The van der Waals surface area contributed by atoms with Gasteiger partial charge < -0.3 is 21.8 Å². The highest BCUT2D eigenvalue weighted by atomic mass is 28.5. The highest BCUT2D eigenvalue weighted by Crippen LogP contribution is 2.22. The maximum atomic E-state index is 6.38. The lowest BCUT2D eigenvalue weighted by atomic mass is 10.1. The largest absolute Gasteiger partial charge is 0.522 e. The quantitative estimate of drug-likeness (QED) is 0.202. The van der Waals surface area contributed by atoms with Crippen LogP contribution in [0.5, 0.6) is 0 Å². The number of hydrogen-bond acceptors (Lipinski definition) is 5. The average molecular weight is 419 g/mol. The van der Waals surface area contributed by atoms with E-state index in [1.54, 1.807) is 5.70 Å². The molecule has 0 spiro atoms. The molecule has 5 nitrogen and oxygen atoms in total. The predicted molar refractivity (Wildman–Crippen MR) is 116 cm³/mol. The molecule has 0 atom stereocenters. The van der Waals surface area contributed by atoms with E-state index >= 15 is 0 Å². The van der Waals surface area contributed by atoms with E-state index in [1.165, 1.54) is 38.5 Å². The third-order valence-corrected chi connectivity index (χ3v) is 10.1. The number of hydrogen-bond donors (Lipinski definition) is 0. The molecule has 0 rings (SSSR count). The van der Waals surface area contributed by atoms with Gasteiger partial charge in [-0.1, -0.05) is 51.7 Å². The third-order valence-electron chi connectivity index (χ3n) is 3.96. The van der Waals surface area contributed by atoms with Crippen LogP contribution in [0.15, 0.2) is 24.1 Å². The molecule has 0 aromatic heterocycles. The second kappa shape index (κ2) is 16.6. The van der Waals surface area contributed by atoms with Crippen molar-refractivity contribution in [2.45, 2.75) is 79.6 Å². The second-order valence-corrected chi connectivity index (χ2v) is 11.3. The van der Waals surface area contributed by atoms with E-state index in [0.717, 1.165) is 6.42 Å². The van der Waals surface area contributed by atoms with Crippen molar-refractivity contribution < 1.29 is 21.8 Å². The lowest BCUT2D eigenvalue weighted by Crippen LogP contribution is -2.57. The molecule has 0 radical (unpaired) electrons. The Bertz CT molecular complexity index is 379. The molecule has 0 fully saturated rings. The summed E-state index contributed by atoms with van der Waals surface area (Å²) >= 11 is 0. The third kappa shape index (κ3) is 11.3. The molecule has 0 heterocycles. The number of unbranched alkanes of at least 4 members (excludes halogenated alkanes) is 6. The van der Waals surface area contributed by atoms with Crippen molar-refractivity contribution in [3.05, 3.63) is 24.1 Å². The molecular formula is C20H42O5Si2. The summed E-state index contributed by atoms with van der Waals surface area (Å²) in [5.41, 5.74) is 3.66. The summed E-state index contributed by atoms with van der Waals surface area (Å²) < 4.78 is 30.1. The van der Waals surface area contributed by atoms with Crippen molar-refractivity contribution in [3.63, 3.8) is 0 Å². The maximum Gasteiger partial charge on any atom is 0.522 e. The lowest BCUT2D eigenvalue weighted by molar-refractivity contribution is 0.0654. The van der Waals surface area contributed by atoms with Crippen molar-refractivity contribution in [2.24, 2.45) is 0 Å². The van der Waals surface area contributed by atoms with Gasteiger partial charge in [0.1, 0.15) is 0 Å². The summed E-state index contributed by atoms with van der Waals surface area (Å²) in [5, 5.41) is 0. The first kappa shape index (κ1) is 26.7. The fraction of sp³-hybridized carbons (Fsp3) is 0.800. The van der Waals surface area contributed by atoms with Crippen molar-refractivity contribution >= 4 is 17.6 Å². The monoisotopic (exact) mass is 418 g/mol. The summed E-state index contributed by atoms with van der Waals surface area (Å²) in [6.45, 7) is 15.9. The SMILES string of the molecule is C=C[Si](OCC)(OCC)O[Si](C=CCCCCCCCC)(OCC)OCC. The minimum atomic E-state index is -3.05. The van der Waals surface area contributed by atoms with E-state index in [2.05, 4.69) is 19.6 Å².